The first kappa shape index (κ1) is 11.2. The first-order chi connectivity index (χ1) is 7.15. The lowest BCUT2D eigenvalue weighted by molar-refractivity contribution is -0.119. The van der Waals surface area contributed by atoms with Gasteiger partial charge in [-0.05, 0) is 19.2 Å². The number of carbonyl (C=O) groups is 2. The highest BCUT2D eigenvalue weighted by Gasteiger charge is 2.11. The molecule has 0 bridgehead atoms. The summed E-state index contributed by atoms with van der Waals surface area (Å²) in [4.78, 5) is 22.6. The molecule has 0 aliphatic rings. The maximum Gasteiger partial charge on any atom is 0.259 e. The third kappa shape index (κ3) is 3.07. The summed E-state index contributed by atoms with van der Waals surface area (Å²) < 4.78 is 0. The average Bonchev–Trinajstić information content (AvgIpc) is 2.18. The maximum absolute atomic E-state index is 11.5. The highest BCUT2D eigenvalue weighted by atomic mass is 16.2. The summed E-state index contributed by atoms with van der Waals surface area (Å²) in [6.07, 6.45) is 0. The Labute approximate surface area is 87.7 Å². The monoisotopic (exact) mass is 207 g/mol. The van der Waals surface area contributed by atoms with Crippen molar-refractivity contribution in [2.45, 2.75) is 0 Å². The standard InChI is InChI=1S/C10H13N3O2/c1-12-6-9(14)13-10(15)7-4-2-3-5-8(7)11/h2-5,12H,6,11H2,1H3,(H,13,14,15). The molecule has 0 heterocycles. The second kappa shape index (κ2) is 5.11. The largest absolute Gasteiger partial charge is 0.398 e. The molecule has 5 heteroatoms. The lowest BCUT2D eigenvalue weighted by atomic mass is 10.1. The van der Waals surface area contributed by atoms with Crippen LogP contribution in [0, 0.1) is 0 Å². The molecule has 0 fully saturated rings. The molecule has 0 saturated heterocycles. The average molecular weight is 207 g/mol. The van der Waals surface area contributed by atoms with Gasteiger partial charge in [0.15, 0.2) is 0 Å². The molecule has 15 heavy (non-hydrogen) atoms. The van der Waals surface area contributed by atoms with E-state index in [2.05, 4.69) is 10.6 Å². The molecule has 0 spiro atoms. The van der Waals surface area contributed by atoms with Gasteiger partial charge in [0, 0.05) is 5.69 Å². The number of rotatable bonds is 3. The van der Waals surface area contributed by atoms with Crippen LogP contribution in [0.3, 0.4) is 0 Å². The molecule has 1 aromatic carbocycles. The highest BCUT2D eigenvalue weighted by molar-refractivity contribution is 6.07. The molecule has 2 amide bonds. The van der Waals surface area contributed by atoms with Gasteiger partial charge in [-0.1, -0.05) is 12.1 Å². The number of amides is 2. The van der Waals surface area contributed by atoms with Gasteiger partial charge in [-0.2, -0.15) is 0 Å². The zero-order chi connectivity index (χ0) is 11.3. The number of nitrogens with one attached hydrogen (secondary N) is 2. The highest BCUT2D eigenvalue weighted by Crippen LogP contribution is 2.09. The Hall–Kier alpha value is -1.88. The number of nitrogen functional groups attached to an aromatic ring is 1. The Balaban J connectivity index is 2.70. The molecule has 0 atom stereocenters. The lowest BCUT2D eigenvalue weighted by Crippen LogP contribution is -2.36. The summed E-state index contributed by atoms with van der Waals surface area (Å²) in [5.74, 6) is -0.862. The molecular weight excluding hydrogens is 194 g/mol. The Bertz CT molecular complexity index is 377. The molecule has 0 saturated carbocycles. The van der Waals surface area contributed by atoms with E-state index in [4.69, 9.17) is 5.73 Å². The second-order valence-electron chi connectivity index (χ2n) is 2.99. The van der Waals surface area contributed by atoms with Crippen molar-refractivity contribution in [3.8, 4) is 0 Å². The number of likely N-dealkylation sites (N-methyl/N-ethyl adjacent to an activating group) is 1. The molecule has 0 aliphatic heterocycles. The quantitative estimate of drug-likeness (QED) is 0.596. The van der Waals surface area contributed by atoms with Crippen molar-refractivity contribution in [2.24, 2.45) is 0 Å². The second-order valence-corrected chi connectivity index (χ2v) is 2.99. The van der Waals surface area contributed by atoms with Crippen LogP contribution in [0.2, 0.25) is 0 Å². The number of benzene rings is 1. The minimum absolute atomic E-state index is 0.0957. The molecule has 80 valence electrons. The van der Waals surface area contributed by atoms with E-state index < -0.39 is 5.91 Å². The van der Waals surface area contributed by atoms with Gasteiger partial charge < -0.3 is 11.1 Å². The molecule has 0 unspecified atom stereocenters. The van der Waals surface area contributed by atoms with Crippen LogP contribution in [-0.2, 0) is 4.79 Å². The third-order valence-electron chi connectivity index (χ3n) is 1.80. The first-order valence-electron chi connectivity index (χ1n) is 4.48. The molecule has 4 N–H and O–H groups in total. The van der Waals surface area contributed by atoms with E-state index in [1.54, 1.807) is 31.3 Å². The van der Waals surface area contributed by atoms with Crippen molar-refractivity contribution in [3.63, 3.8) is 0 Å². The van der Waals surface area contributed by atoms with Crippen molar-refractivity contribution in [3.05, 3.63) is 29.8 Å². The van der Waals surface area contributed by atoms with Gasteiger partial charge >= 0.3 is 0 Å². The van der Waals surface area contributed by atoms with Crippen LogP contribution in [0.25, 0.3) is 0 Å². The Morgan fingerprint density at radius 3 is 2.60 bits per heavy atom. The van der Waals surface area contributed by atoms with Crippen molar-refractivity contribution in [1.82, 2.24) is 10.6 Å². The fourth-order valence-corrected chi connectivity index (χ4v) is 1.10. The summed E-state index contributed by atoms with van der Waals surface area (Å²) in [5.41, 5.74) is 6.24. The zero-order valence-corrected chi connectivity index (χ0v) is 8.41. The molecule has 1 rings (SSSR count). The van der Waals surface area contributed by atoms with Crippen LogP contribution in [0.5, 0.6) is 0 Å². The van der Waals surface area contributed by atoms with E-state index in [-0.39, 0.29) is 12.5 Å². The number of hydrogen-bond acceptors (Lipinski definition) is 4. The number of imide groups is 1. The molecular formula is C10H13N3O2. The number of nitrogens with two attached hydrogens (primary N) is 1. The predicted octanol–water partition coefficient (Wildman–Crippen LogP) is -0.255. The number of para-hydroxylation sites is 1. The Kier molecular flexibility index (Phi) is 3.82. The van der Waals surface area contributed by atoms with Crippen molar-refractivity contribution in [2.75, 3.05) is 19.3 Å². The van der Waals surface area contributed by atoms with Crippen molar-refractivity contribution < 1.29 is 9.59 Å². The maximum atomic E-state index is 11.5. The van der Waals surface area contributed by atoms with Crippen LogP contribution in [-0.4, -0.2) is 25.4 Å². The van der Waals surface area contributed by atoms with Gasteiger partial charge in [0.25, 0.3) is 5.91 Å². The van der Waals surface area contributed by atoms with Crippen LogP contribution >= 0.6 is 0 Å². The summed E-state index contributed by atoms with van der Waals surface area (Å²) in [7, 11) is 1.63. The van der Waals surface area contributed by atoms with Crippen LogP contribution in [0.4, 0.5) is 5.69 Å². The van der Waals surface area contributed by atoms with Crippen molar-refractivity contribution in [1.29, 1.82) is 0 Å². The Morgan fingerprint density at radius 2 is 2.00 bits per heavy atom. The number of anilines is 1. The molecule has 0 aromatic heterocycles. The first-order valence-corrected chi connectivity index (χ1v) is 4.48. The Morgan fingerprint density at radius 1 is 1.33 bits per heavy atom. The zero-order valence-electron chi connectivity index (χ0n) is 8.41. The van der Waals surface area contributed by atoms with E-state index in [0.29, 0.717) is 11.3 Å². The van der Waals surface area contributed by atoms with E-state index in [1.807, 2.05) is 0 Å². The number of carbonyl (C=O) groups excluding carboxylic acids is 2. The predicted molar refractivity (Wildman–Crippen MR) is 57.3 cm³/mol. The van der Waals surface area contributed by atoms with Crippen molar-refractivity contribution >= 4 is 17.5 Å². The molecule has 0 aliphatic carbocycles. The molecule has 1 aromatic rings. The topological polar surface area (TPSA) is 84.2 Å². The number of hydrogen-bond donors (Lipinski definition) is 3. The summed E-state index contributed by atoms with van der Waals surface area (Å²) in [6.45, 7) is 0.0957. The van der Waals surface area contributed by atoms with E-state index in [1.165, 1.54) is 0 Å². The third-order valence-corrected chi connectivity index (χ3v) is 1.80. The lowest BCUT2D eigenvalue weighted by Gasteiger charge is -2.05. The molecule has 5 nitrogen and oxygen atoms in total. The van der Waals surface area contributed by atoms with E-state index >= 15 is 0 Å². The van der Waals surface area contributed by atoms with Gasteiger partial charge in [-0.15, -0.1) is 0 Å². The van der Waals surface area contributed by atoms with Gasteiger partial charge in [-0.25, -0.2) is 0 Å². The summed E-state index contributed by atoms with van der Waals surface area (Å²) in [6, 6.07) is 6.59. The normalized spacial score (nSPS) is 9.67. The molecule has 0 radical (unpaired) electrons. The van der Waals surface area contributed by atoms with Gasteiger partial charge in [0.05, 0.1) is 12.1 Å². The smallest absolute Gasteiger partial charge is 0.259 e. The van der Waals surface area contributed by atoms with Crippen LogP contribution < -0.4 is 16.4 Å². The van der Waals surface area contributed by atoms with Gasteiger partial charge in [0.1, 0.15) is 0 Å². The van der Waals surface area contributed by atoms with Gasteiger partial charge in [0.2, 0.25) is 5.91 Å². The minimum Gasteiger partial charge on any atom is -0.398 e. The fraction of sp³-hybridized carbons (Fsp3) is 0.200. The SMILES string of the molecule is CNCC(=O)NC(=O)c1ccccc1N. The van der Waals surface area contributed by atoms with Crippen LogP contribution in [0.1, 0.15) is 10.4 Å². The fourth-order valence-electron chi connectivity index (χ4n) is 1.10. The van der Waals surface area contributed by atoms with E-state index in [9.17, 15) is 9.59 Å². The van der Waals surface area contributed by atoms with Gasteiger partial charge in [-0.3, -0.25) is 14.9 Å². The van der Waals surface area contributed by atoms with E-state index in [0.717, 1.165) is 0 Å². The minimum atomic E-state index is -0.478. The summed E-state index contributed by atoms with van der Waals surface area (Å²) >= 11 is 0. The van der Waals surface area contributed by atoms with Crippen LogP contribution in [0.15, 0.2) is 24.3 Å². The summed E-state index contributed by atoms with van der Waals surface area (Å²) in [5, 5.41) is 4.86.